The molecule has 0 radical (unpaired) electrons. The predicted octanol–water partition coefficient (Wildman–Crippen LogP) is 3.24. The van der Waals surface area contributed by atoms with E-state index in [4.69, 9.17) is 10.00 Å². The van der Waals surface area contributed by atoms with E-state index in [-0.39, 0.29) is 11.4 Å². The summed E-state index contributed by atoms with van der Waals surface area (Å²) in [6.07, 6.45) is 1.72. The number of carbonyl (C=O) groups is 1. The molecule has 0 spiro atoms. The third kappa shape index (κ3) is 4.27. The number of para-hydroxylation sites is 1. The van der Waals surface area contributed by atoms with E-state index in [1.807, 2.05) is 44.0 Å². The Morgan fingerprint density at radius 2 is 2.05 bits per heavy atom. The molecule has 4 nitrogen and oxygen atoms in total. The SMILES string of the molecule is COC(=O)c1ccccc1N(C)CCCC(C)(C)C#N. The number of ether oxygens (including phenoxy) is 1. The maximum absolute atomic E-state index is 11.7. The van der Waals surface area contributed by atoms with Crippen molar-refractivity contribution in [1.29, 1.82) is 5.26 Å². The van der Waals surface area contributed by atoms with Gasteiger partial charge in [-0.1, -0.05) is 12.1 Å². The van der Waals surface area contributed by atoms with Gasteiger partial charge < -0.3 is 9.64 Å². The van der Waals surface area contributed by atoms with E-state index >= 15 is 0 Å². The normalized spacial score (nSPS) is 10.8. The first kappa shape index (κ1) is 16.0. The van der Waals surface area contributed by atoms with Crippen LogP contribution in [0.1, 0.15) is 37.0 Å². The predicted molar refractivity (Wildman–Crippen MR) is 79.7 cm³/mol. The van der Waals surface area contributed by atoms with Crippen LogP contribution in [0.4, 0.5) is 5.69 Å². The van der Waals surface area contributed by atoms with Gasteiger partial charge in [0.1, 0.15) is 0 Å². The first-order valence-electron chi connectivity index (χ1n) is 6.71. The van der Waals surface area contributed by atoms with Crippen LogP contribution >= 0.6 is 0 Å². The van der Waals surface area contributed by atoms with Gasteiger partial charge in [0.25, 0.3) is 0 Å². The van der Waals surface area contributed by atoms with Gasteiger partial charge in [-0.3, -0.25) is 0 Å². The lowest BCUT2D eigenvalue weighted by Crippen LogP contribution is -2.23. The van der Waals surface area contributed by atoms with Crippen LogP contribution in [0.15, 0.2) is 24.3 Å². The molecule has 108 valence electrons. The fourth-order valence-electron chi connectivity index (χ4n) is 2.02. The molecule has 0 saturated carbocycles. The molecule has 1 rings (SSSR count). The maximum atomic E-state index is 11.7. The number of methoxy groups -OCH3 is 1. The molecule has 1 aromatic carbocycles. The number of hydrogen-bond acceptors (Lipinski definition) is 4. The molecule has 0 N–H and O–H groups in total. The number of carbonyl (C=O) groups excluding carboxylic acids is 1. The zero-order valence-corrected chi connectivity index (χ0v) is 12.6. The molecule has 0 atom stereocenters. The van der Waals surface area contributed by atoms with Crippen LogP contribution in [0, 0.1) is 16.7 Å². The fourth-order valence-corrected chi connectivity index (χ4v) is 2.02. The molecule has 4 heteroatoms. The van der Waals surface area contributed by atoms with E-state index in [2.05, 4.69) is 6.07 Å². The van der Waals surface area contributed by atoms with Gasteiger partial charge in [-0.2, -0.15) is 5.26 Å². The molecule has 0 unspecified atom stereocenters. The number of rotatable bonds is 6. The Kier molecular flexibility index (Phi) is 5.57. The molecule has 0 amide bonds. The van der Waals surface area contributed by atoms with Crippen molar-refractivity contribution in [2.45, 2.75) is 26.7 Å². The van der Waals surface area contributed by atoms with Crippen molar-refractivity contribution in [2.75, 3.05) is 25.6 Å². The van der Waals surface area contributed by atoms with E-state index in [0.29, 0.717) is 5.56 Å². The fraction of sp³-hybridized carbons (Fsp3) is 0.500. The van der Waals surface area contributed by atoms with Gasteiger partial charge in [-0.25, -0.2) is 4.79 Å². The summed E-state index contributed by atoms with van der Waals surface area (Å²) in [6.45, 7) is 4.67. The molecule has 1 aromatic rings. The van der Waals surface area contributed by atoms with Gasteiger partial charge in [0.2, 0.25) is 0 Å². The molecule has 0 aliphatic carbocycles. The van der Waals surface area contributed by atoms with Gasteiger partial charge in [0.15, 0.2) is 0 Å². The van der Waals surface area contributed by atoms with Crippen LogP contribution in [0.5, 0.6) is 0 Å². The summed E-state index contributed by atoms with van der Waals surface area (Å²) in [6, 6.07) is 9.69. The quantitative estimate of drug-likeness (QED) is 0.747. The average Bonchev–Trinajstić information content (AvgIpc) is 2.46. The first-order chi connectivity index (χ1) is 9.41. The van der Waals surface area contributed by atoms with Gasteiger partial charge in [0, 0.05) is 13.6 Å². The standard InChI is InChI=1S/C16H22N2O2/c1-16(2,12-17)10-7-11-18(3)14-9-6-5-8-13(14)15(19)20-4/h5-6,8-9H,7,10-11H2,1-4H3. The zero-order chi connectivity index (χ0) is 15.2. The van der Waals surface area contributed by atoms with Crippen LogP contribution in [0.2, 0.25) is 0 Å². The summed E-state index contributed by atoms with van der Waals surface area (Å²) < 4.78 is 4.79. The smallest absolute Gasteiger partial charge is 0.339 e. The monoisotopic (exact) mass is 274 g/mol. The van der Waals surface area contributed by atoms with E-state index < -0.39 is 0 Å². The lowest BCUT2D eigenvalue weighted by Gasteiger charge is -2.23. The lowest BCUT2D eigenvalue weighted by atomic mass is 9.90. The number of hydrogen-bond donors (Lipinski definition) is 0. The molecule has 0 saturated heterocycles. The molecule has 0 aliphatic rings. The van der Waals surface area contributed by atoms with Crippen molar-refractivity contribution in [2.24, 2.45) is 5.41 Å². The average molecular weight is 274 g/mol. The number of esters is 1. The summed E-state index contributed by atoms with van der Waals surface area (Å²) in [5.74, 6) is -0.329. The second kappa shape index (κ2) is 6.95. The van der Waals surface area contributed by atoms with Gasteiger partial charge in [-0.05, 0) is 38.8 Å². The molecule has 0 fully saturated rings. The van der Waals surface area contributed by atoms with Gasteiger partial charge >= 0.3 is 5.97 Å². The van der Waals surface area contributed by atoms with Crippen molar-refractivity contribution in [1.82, 2.24) is 0 Å². The maximum Gasteiger partial charge on any atom is 0.339 e. The minimum Gasteiger partial charge on any atom is -0.465 e. The highest BCUT2D eigenvalue weighted by atomic mass is 16.5. The third-order valence-corrected chi connectivity index (χ3v) is 3.32. The minimum atomic E-state index is -0.329. The highest BCUT2D eigenvalue weighted by Crippen LogP contribution is 2.23. The molecule has 20 heavy (non-hydrogen) atoms. The molecule has 0 heterocycles. The third-order valence-electron chi connectivity index (χ3n) is 3.32. The Morgan fingerprint density at radius 1 is 1.40 bits per heavy atom. The summed E-state index contributed by atoms with van der Waals surface area (Å²) in [4.78, 5) is 13.8. The van der Waals surface area contributed by atoms with Crippen molar-refractivity contribution in [3.63, 3.8) is 0 Å². The van der Waals surface area contributed by atoms with Crippen LogP contribution in [-0.4, -0.2) is 26.7 Å². The Morgan fingerprint density at radius 3 is 2.65 bits per heavy atom. The van der Waals surface area contributed by atoms with E-state index in [9.17, 15) is 4.79 Å². The minimum absolute atomic E-state index is 0.303. The Hall–Kier alpha value is -2.02. The molecule has 0 bridgehead atoms. The van der Waals surface area contributed by atoms with Crippen molar-refractivity contribution in [3.8, 4) is 6.07 Å². The number of nitriles is 1. The zero-order valence-electron chi connectivity index (χ0n) is 12.6. The van der Waals surface area contributed by atoms with E-state index in [1.54, 1.807) is 6.07 Å². The second-order valence-corrected chi connectivity index (χ2v) is 5.53. The largest absolute Gasteiger partial charge is 0.465 e. The van der Waals surface area contributed by atoms with Crippen LogP contribution in [-0.2, 0) is 4.74 Å². The number of anilines is 1. The first-order valence-corrected chi connectivity index (χ1v) is 6.71. The topological polar surface area (TPSA) is 53.3 Å². The number of nitrogens with zero attached hydrogens (tertiary/aromatic N) is 2. The van der Waals surface area contributed by atoms with Crippen LogP contribution in [0.25, 0.3) is 0 Å². The lowest BCUT2D eigenvalue weighted by molar-refractivity contribution is 0.0601. The van der Waals surface area contributed by atoms with Crippen LogP contribution in [0.3, 0.4) is 0 Å². The van der Waals surface area contributed by atoms with E-state index in [0.717, 1.165) is 25.1 Å². The van der Waals surface area contributed by atoms with Gasteiger partial charge in [-0.15, -0.1) is 0 Å². The molecule has 0 aliphatic heterocycles. The summed E-state index contributed by atoms with van der Waals surface area (Å²) >= 11 is 0. The molecular weight excluding hydrogens is 252 g/mol. The second-order valence-electron chi connectivity index (χ2n) is 5.53. The Bertz CT molecular complexity index is 503. The summed E-state index contributed by atoms with van der Waals surface area (Å²) in [5.41, 5.74) is 1.12. The Labute approximate surface area is 121 Å². The van der Waals surface area contributed by atoms with Crippen LogP contribution < -0.4 is 4.90 Å². The van der Waals surface area contributed by atoms with E-state index in [1.165, 1.54) is 7.11 Å². The Balaban J connectivity index is 2.71. The number of benzene rings is 1. The van der Waals surface area contributed by atoms with Gasteiger partial charge in [0.05, 0.1) is 29.8 Å². The summed E-state index contributed by atoms with van der Waals surface area (Å²) in [7, 11) is 3.33. The highest BCUT2D eigenvalue weighted by Gasteiger charge is 2.18. The van der Waals surface area contributed by atoms with Crippen molar-refractivity contribution >= 4 is 11.7 Å². The van der Waals surface area contributed by atoms with Crippen molar-refractivity contribution < 1.29 is 9.53 Å². The van der Waals surface area contributed by atoms with Crippen molar-refractivity contribution in [3.05, 3.63) is 29.8 Å². The highest BCUT2D eigenvalue weighted by molar-refractivity contribution is 5.95. The molecular formula is C16H22N2O2. The summed E-state index contributed by atoms with van der Waals surface area (Å²) in [5, 5.41) is 9.00. The molecule has 0 aromatic heterocycles.